The topological polar surface area (TPSA) is 35.8 Å². The third-order valence-corrected chi connectivity index (χ3v) is 4.83. The van der Waals surface area contributed by atoms with E-state index in [1.54, 1.807) is 7.11 Å². The molecule has 0 aliphatic heterocycles. The number of hydrogen-bond acceptors (Lipinski definition) is 3. The number of imidazole rings is 1. The minimum Gasteiger partial charge on any atom is -0.493 e. The summed E-state index contributed by atoms with van der Waals surface area (Å²) < 4.78 is 14.5. The molecule has 27 heavy (non-hydrogen) atoms. The normalized spacial score (nSPS) is 10.9. The van der Waals surface area contributed by atoms with Crippen molar-refractivity contribution in [3.63, 3.8) is 0 Å². The SMILES string of the molecule is COc1cc(-c2cn3cc(Br)cc(C)c3n2)ccc1OCc1ccccc1. The van der Waals surface area contributed by atoms with Crippen molar-refractivity contribution in [1.29, 1.82) is 0 Å². The van der Waals surface area contributed by atoms with Crippen LogP contribution in [0.4, 0.5) is 0 Å². The van der Waals surface area contributed by atoms with E-state index in [2.05, 4.69) is 28.9 Å². The second kappa shape index (κ2) is 7.45. The number of pyridine rings is 1. The first-order valence-electron chi connectivity index (χ1n) is 8.64. The molecule has 5 heteroatoms. The average molecular weight is 423 g/mol. The molecule has 0 saturated heterocycles. The lowest BCUT2D eigenvalue weighted by Crippen LogP contribution is -1.97. The van der Waals surface area contributed by atoms with Crippen LogP contribution < -0.4 is 9.47 Å². The van der Waals surface area contributed by atoms with E-state index in [1.165, 1.54) is 0 Å². The van der Waals surface area contributed by atoms with Crippen LogP contribution in [0, 0.1) is 6.92 Å². The van der Waals surface area contributed by atoms with Crippen molar-refractivity contribution >= 4 is 21.6 Å². The molecule has 2 aromatic carbocycles. The van der Waals surface area contributed by atoms with Gasteiger partial charge in [-0.05, 0) is 58.2 Å². The highest BCUT2D eigenvalue weighted by atomic mass is 79.9. The minimum absolute atomic E-state index is 0.498. The van der Waals surface area contributed by atoms with Gasteiger partial charge in [-0.1, -0.05) is 30.3 Å². The Bertz CT molecular complexity index is 1090. The highest BCUT2D eigenvalue weighted by Gasteiger charge is 2.11. The zero-order chi connectivity index (χ0) is 18.8. The number of fused-ring (bicyclic) bond motifs is 1. The summed E-state index contributed by atoms with van der Waals surface area (Å²) in [5, 5.41) is 0. The Morgan fingerprint density at radius 2 is 1.81 bits per heavy atom. The average Bonchev–Trinajstić information content (AvgIpc) is 3.11. The van der Waals surface area contributed by atoms with E-state index in [4.69, 9.17) is 14.5 Å². The van der Waals surface area contributed by atoms with Gasteiger partial charge in [-0.2, -0.15) is 0 Å². The van der Waals surface area contributed by atoms with Crippen LogP contribution in [0.5, 0.6) is 11.5 Å². The molecule has 0 unspecified atom stereocenters. The van der Waals surface area contributed by atoms with Gasteiger partial charge >= 0.3 is 0 Å². The molecule has 0 aliphatic carbocycles. The largest absolute Gasteiger partial charge is 0.493 e. The molecule has 0 amide bonds. The minimum atomic E-state index is 0.498. The van der Waals surface area contributed by atoms with Crippen molar-refractivity contribution in [3.8, 4) is 22.8 Å². The van der Waals surface area contributed by atoms with Gasteiger partial charge in [-0.15, -0.1) is 0 Å². The van der Waals surface area contributed by atoms with Crippen molar-refractivity contribution in [2.24, 2.45) is 0 Å². The van der Waals surface area contributed by atoms with E-state index in [-0.39, 0.29) is 0 Å². The summed E-state index contributed by atoms with van der Waals surface area (Å²) >= 11 is 3.53. The summed E-state index contributed by atoms with van der Waals surface area (Å²) in [6.45, 7) is 2.55. The lowest BCUT2D eigenvalue weighted by atomic mass is 10.1. The van der Waals surface area contributed by atoms with Crippen LogP contribution in [-0.2, 0) is 6.61 Å². The van der Waals surface area contributed by atoms with E-state index in [1.807, 2.05) is 65.3 Å². The van der Waals surface area contributed by atoms with Gasteiger partial charge in [-0.3, -0.25) is 0 Å². The van der Waals surface area contributed by atoms with Crippen LogP contribution in [-0.4, -0.2) is 16.5 Å². The van der Waals surface area contributed by atoms with Crippen molar-refractivity contribution in [2.45, 2.75) is 13.5 Å². The van der Waals surface area contributed by atoms with Gasteiger partial charge in [0.2, 0.25) is 0 Å². The first kappa shape index (κ1) is 17.6. The van der Waals surface area contributed by atoms with Gasteiger partial charge in [0.15, 0.2) is 11.5 Å². The molecule has 4 aromatic rings. The molecule has 2 aromatic heterocycles. The first-order chi connectivity index (χ1) is 13.1. The maximum atomic E-state index is 5.94. The van der Waals surface area contributed by atoms with Gasteiger partial charge in [0.05, 0.1) is 12.8 Å². The fourth-order valence-electron chi connectivity index (χ4n) is 3.05. The molecule has 0 atom stereocenters. The summed E-state index contributed by atoms with van der Waals surface area (Å²) in [7, 11) is 1.65. The fourth-order valence-corrected chi connectivity index (χ4v) is 3.61. The number of nitrogens with zero attached hydrogens (tertiary/aromatic N) is 2. The number of halogens is 1. The standard InChI is InChI=1S/C22H19BrN2O2/c1-15-10-18(23)12-25-13-19(24-22(15)25)17-8-9-20(21(11-17)26-2)27-14-16-6-4-3-5-7-16/h3-13H,14H2,1-2H3. The first-order valence-corrected chi connectivity index (χ1v) is 9.43. The third kappa shape index (κ3) is 3.69. The summed E-state index contributed by atoms with van der Waals surface area (Å²) in [5.41, 5.74) is 5.05. The van der Waals surface area contributed by atoms with Gasteiger partial charge in [0.25, 0.3) is 0 Å². The number of rotatable bonds is 5. The Balaban J connectivity index is 1.64. The maximum absolute atomic E-state index is 5.94. The zero-order valence-electron chi connectivity index (χ0n) is 15.1. The zero-order valence-corrected chi connectivity index (χ0v) is 16.7. The molecule has 0 radical (unpaired) electrons. The van der Waals surface area contributed by atoms with Crippen LogP contribution in [0.2, 0.25) is 0 Å². The number of benzene rings is 2. The number of methoxy groups -OCH3 is 1. The Kier molecular flexibility index (Phi) is 4.86. The molecule has 0 fully saturated rings. The molecule has 0 saturated carbocycles. The quantitative estimate of drug-likeness (QED) is 0.416. The molecule has 0 bridgehead atoms. The molecule has 2 heterocycles. The van der Waals surface area contributed by atoms with Crippen LogP contribution in [0.3, 0.4) is 0 Å². The second-order valence-corrected chi connectivity index (χ2v) is 7.25. The van der Waals surface area contributed by atoms with Crippen LogP contribution >= 0.6 is 15.9 Å². The van der Waals surface area contributed by atoms with E-state index in [0.717, 1.165) is 32.5 Å². The molecular weight excluding hydrogens is 404 g/mol. The van der Waals surface area contributed by atoms with Crippen molar-refractivity contribution in [1.82, 2.24) is 9.38 Å². The molecular formula is C22H19BrN2O2. The van der Waals surface area contributed by atoms with Crippen LogP contribution in [0.25, 0.3) is 16.9 Å². The highest BCUT2D eigenvalue weighted by Crippen LogP contribution is 2.33. The van der Waals surface area contributed by atoms with E-state index in [0.29, 0.717) is 18.1 Å². The van der Waals surface area contributed by atoms with Crippen molar-refractivity contribution in [3.05, 3.63) is 82.6 Å². The summed E-state index contributed by atoms with van der Waals surface area (Å²) in [6, 6.07) is 18.0. The molecule has 0 aliphatic rings. The predicted molar refractivity (Wildman–Crippen MR) is 110 cm³/mol. The van der Waals surface area contributed by atoms with Crippen LogP contribution in [0.15, 0.2) is 71.5 Å². The number of ether oxygens (including phenoxy) is 2. The monoisotopic (exact) mass is 422 g/mol. The van der Waals surface area contributed by atoms with Gasteiger partial charge in [0, 0.05) is 22.4 Å². The third-order valence-electron chi connectivity index (χ3n) is 4.40. The van der Waals surface area contributed by atoms with Gasteiger partial charge in [0.1, 0.15) is 12.3 Å². The Morgan fingerprint density at radius 3 is 2.59 bits per heavy atom. The van der Waals surface area contributed by atoms with Crippen molar-refractivity contribution in [2.75, 3.05) is 7.11 Å². The van der Waals surface area contributed by atoms with E-state index >= 15 is 0 Å². The predicted octanol–water partition coefficient (Wildman–Crippen LogP) is 5.66. The molecule has 4 nitrogen and oxygen atoms in total. The molecule has 136 valence electrons. The van der Waals surface area contributed by atoms with Crippen molar-refractivity contribution < 1.29 is 9.47 Å². The molecule has 0 N–H and O–H groups in total. The Hall–Kier alpha value is -2.79. The maximum Gasteiger partial charge on any atom is 0.161 e. The lowest BCUT2D eigenvalue weighted by molar-refractivity contribution is 0.284. The molecule has 4 rings (SSSR count). The Labute approximate surface area is 166 Å². The number of hydrogen-bond donors (Lipinski definition) is 0. The van der Waals surface area contributed by atoms with E-state index < -0.39 is 0 Å². The fraction of sp³-hybridized carbons (Fsp3) is 0.136. The highest BCUT2D eigenvalue weighted by molar-refractivity contribution is 9.10. The second-order valence-electron chi connectivity index (χ2n) is 6.34. The smallest absolute Gasteiger partial charge is 0.161 e. The summed E-state index contributed by atoms with van der Waals surface area (Å²) in [4.78, 5) is 4.77. The number of aryl methyl sites for hydroxylation is 1. The summed E-state index contributed by atoms with van der Waals surface area (Å²) in [5.74, 6) is 1.41. The van der Waals surface area contributed by atoms with Crippen LogP contribution in [0.1, 0.15) is 11.1 Å². The summed E-state index contributed by atoms with van der Waals surface area (Å²) in [6.07, 6.45) is 4.03. The molecule has 0 spiro atoms. The number of aromatic nitrogens is 2. The van der Waals surface area contributed by atoms with Gasteiger partial charge in [-0.25, -0.2) is 4.98 Å². The lowest BCUT2D eigenvalue weighted by Gasteiger charge is -2.11. The van der Waals surface area contributed by atoms with E-state index in [9.17, 15) is 0 Å². The van der Waals surface area contributed by atoms with Gasteiger partial charge < -0.3 is 13.9 Å². The Morgan fingerprint density at radius 1 is 1.00 bits per heavy atom.